The normalized spacial score (nSPS) is 13.6. The largest absolute Gasteiger partial charge is 0.380 e. The summed E-state index contributed by atoms with van der Waals surface area (Å²) in [6.45, 7) is 9.79. The van der Waals surface area contributed by atoms with Gasteiger partial charge >= 0.3 is 0 Å². The predicted molar refractivity (Wildman–Crippen MR) is 56.8 cm³/mol. The van der Waals surface area contributed by atoms with Gasteiger partial charge in [0, 0.05) is 12.6 Å². The minimum Gasteiger partial charge on any atom is -0.380 e. The molecule has 0 fully saturated rings. The number of rotatable bonds is 8. The van der Waals surface area contributed by atoms with E-state index in [1.54, 1.807) is 0 Å². The van der Waals surface area contributed by atoms with Gasteiger partial charge in [-0.25, -0.2) is 0 Å². The van der Waals surface area contributed by atoms with Crippen LogP contribution < -0.4 is 11.1 Å². The van der Waals surface area contributed by atoms with Crippen molar-refractivity contribution >= 4 is 0 Å². The van der Waals surface area contributed by atoms with Crippen LogP contribution in [0.15, 0.2) is 0 Å². The molecule has 0 aliphatic rings. The van der Waals surface area contributed by atoms with Crippen LogP contribution >= 0.6 is 0 Å². The number of hydrogen-bond acceptors (Lipinski definition) is 3. The molecular formula is C10H24N2O. The van der Waals surface area contributed by atoms with E-state index in [0.717, 1.165) is 32.7 Å². The molecule has 3 heteroatoms. The molecule has 1 unspecified atom stereocenters. The summed E-state index contributed by atoms with van der Waals surface area (Å²) in [5.41, 5.74) is 5.42. The third-order valence-electron chi connectivity index (χ3n) is 2.09. The zero-order chi connectivity index (χ0) is 10.1. The topological polar surface area (TPSA) is 47.3 Å². The van der Waals surface area contributed by atoms with Gasteiger partial charge < -0.3 is 15.8 Å². The fourth-order valence-electron chi connectivity index (χ4n) is 1.12. The molecular weight excluding hydrogens is 164 g/mol. The lowest BCUT2D eigenvalue weighted by Crippen LogP contribution is -2.39. The molecule has 0 spiro atoms. The van der Waals surface area contributed by atoms with E-state index in [4.69, 9.17) is 10.5 Å². The Hall–Kier alpha value is -0.120. The fourth-order valence-corrected chi connectivity index (χ4v) is 1.12. The maximum Gasteiger partial charge on any atom is 0.0621 e. The predicted octanol–water partition coefficient (Wildman–Crippen LogP) is 0.986. The zero-order valence-electron chi connectivity index (χ0n) is 9.18. The van der Waals surface area contributed by atoms with E-state index in [0.29, 0.717) is 12.0 Å². The number of hydrogen-bond donors (Lipinski definition) is 2. The van der Waals surface area contributed by atoms with Gasteiger partial charge in [-0.2, -0.15) is 0 Å². The Balaban J connectivity index is 3.54. The van der Waals surface area contributed by atoms with Crippen molar-refractivity contribution in [2.45, 2.75) is 33.2 Å². The molecule has 0 heterocycles. The molecule has 0 saturated heterocycles. The summed E-state index contributed by atoms with van der Waals surface area (Å²) < 4.78 is 5.39. The lowest BCUT2D eigenvalue weighted by Gasteiger charge is -2.21. The van der Waals surface area contributed by atoms with Gasteiger partial charge in [-0.3, -0.25) is 0 Å². The number of ether oxygens (including phenoxy) is 1. The summed E-state index contributed by atoms with van der Waals surface area (Å²) >= 11 is 0. The molecule has 0 aromatic heterocycles. The first-order valence-corrected chi connectivity index (χ1v) is 5.23. The maximum absolute atomic E-state index is 5.42. The highest BCUT2D eigenvalue weighted by molar-refractivity contribution is 4.69. The second-order valence-corrected chi connectivity index (χ2v) is 3.61. The highest BCUT2D eigenvalue weighted by atomic mass is 16.5. The minimum absolute atomic E-state index is 0.464. The SMILES string of the molecule is CCOCC(NCCCN)C(C)C. The molecule has 0 rings (SSSR count). The van der Waals surface area contributed by atoms with Gasteiger partial charge in [0.25, 0.3) is 0 Å². The third kappa shape index (κ3) is 6.99. The fraction of sp³-hybridized carbons (Fsp3) is 1.00. The van der Waals surface area contributed by atoms with Crippen LogP contribution in [0, 0.1) is 5.92 Å². The molecule has 3 nitrogen and oxygen atoms in total. The van der Waals surface area contributed by atoms with Crippen LogP contribution in [0.5, 0.6) is 0 Å². The summed E-state index contributed by atoms with van der Waals surface area (Å²) in [5.74, 6) is 0.615. The Kier molecular flexibility index (Phi) is 8.40. The molecule has 0 aliphatic carbocycles. The van der Waals surface area contributed by atoms with Gasteiger partial charge in [0.15, 0.2) is 0 Å². The van der Waals surface area contributed by atoms with Crippen molar-refractivity contribution in [2.24, 2.45) is 11.7 Å². The summed E-state index contributed by atoms with van der Waals surface area (Å²) in [6, 6.07) is 0.464. The average Bonchev–Trinajstić information content (AvgIpc) is 2.10. The van der Waals surface area contributed by atoms with Crippen LogP contribution in [0.2, 0.25) is 0 Å². The molecule has 1 atom stereocenters. The van der Waals surface area contributed by atoms with Crippen molar-refractivity contribution in [3.63, 3.8) is 0 Å². The van der Waals surface area contributed by atoms with Gasteiger partial charge in [-0.15, -0.1) is 0 Å². The Morgan fingerprint density at radius 1 is 1.38 bits per heavy atom. The minimum atomic E-state index is 0.464. The highest BCUT2D eigenvalue weighted by Crippen LogP contribution is 2.01. The van der Waals surface area contributed by atoms with Crippen molar-refractivity contribution in [1.82, 2.24) is 5.32 Å². The van der Waals surface area contributed by atoms with Gasteiger partial charge in [-0.05, 0) is 32.4 Å². The summed E-state index contributed by atoms with van der Waals surface area (Å²) in [7, 11) is 0. The van der Waals surface area contributed by atoms with E-state index < -0.39 is 0 Å². The van der Waals surface area contributed by atoms with Crippen molar-refractivity contribution in [3.05, 3.63) is 0 Å². The molecule has 80 valence electrons. The monoisotopic (exact) mass is 188 g/mol. The maximum atomic E-state index is 5.42. The van der Waals surface area contributed by atoms with E-state index in [-0.39, 0.29) is 0 Å². The van der Waals surface area contributed by atoms with E-state index in [1.807, 2.05) is 6.92 Å². The summed E-state index contributed by atoms with van der Waals surface area (Å²) in [4.78, 5) is 0. The van der Waals surface area contributed by atoms with Crippen molar-refractivity contribution in [1.29, 1.82) is 0 Å². The van der Waals surface area contributed by atoms with Crippen LogP contribution in [0.4, 0.5) is 0 Å². The quantitative estimate of drug-likeness (QED) is 0.558. The van der Waals surface area contributed by atoms with Crippen LogP contribution in [0.25, 0.3) is 0 Å². The molecule has 13 heavy (non-hydrogen) atoms. The second kappa shape index (κ2) is 8.48. The van der Waals surface area contributed by atoms with Crippen LogP contribution in [0.1, 0.15) is 27.2 Å². The molecule has 0 aromatic rings. The lowest BCUT2D eigenvalue weighted by atomic mass is 10.1. The van der Waals surface area contributed by atoms with Gasteiger partial charge in [-0.1, -0.05) is 13.8 Å². The first-order chi connectivity index (χ1) is 6.22. The molecule has 0 amide bonds. The van der Waals surface area contributed by atoms with E-state index in [9.17, 15) is 0 Å². The van der Waals surface area contributed by atoms with Crippen LogP contribution in [0.3, 0.4) is 0 Å². The first kappa shape index (κ1) is 12.9. The molecule has 0 bridgehead atoms. The molecule has 0 aliphatic heterocycles. The Labute approximate surface area is 82.0 Å². The molecule has 0 radical (unpaired) electrons. The lowest BCUT2D eigenvalue weighted by molar-refractivity contribution is 0.108. The summed E-state index contributed by atoms with van der Waals surface area (Å²) in [6.07, 6.45) is 1.04. The highest BCUT2D eigenvalue weighted by Gasteiger charge is 2.11. The Bertz CT molecular complexity index is 107. The van der Waals surface area contributed by atoms with Crippen molar-refractivity contribution in [2.75, 3.05) is 26.3 Å². The number of nitrogens with two attached hydrogens (primary N) is 1. The second-order valence-electron chi connectivity index (χ2n) is 3.61. The first-order valence-electron chi connectivity index (χ1n) is 5.23. The smallest absolute Gasteiger partial charge is 0.0621 e. The number of nitrogens with one attached hydrogen (secondary N) is 1. The van der Waals surface area contributed by atoms with E-state index in [1.165, 1.54) is 0 Å². The third-order valence-corrected chi connectivity index (χ3v) is 2.09. The van der Waals surface area contributed by atoms with Gasteiger partial charge in [0.2, 0.25) is 0 Å². The van der Waals surface area contributed by atoms with Gasteiger partial charge in [0.1, 0.15) is 0 Å². The standard InChI is InChI=1S/C10H24N2O/c1-4-13-8-10(9(2)3)12-7-5-6-11/h9-10,12H,4-8,11H2,1-3H3. The molecule has 0 saturated carbocycles. The molecule has 3 N–H and O–H groups in total. The van der Waals surface area contributed by atoms with Crippen LogP contribution in [-0.4, -0.2) is 32.3 Å². The van der Waals surface area contributed by atoms with Crippen molar-refractivity contribution < 1.29 is 4.74 Å². The van der Waals surface area contributed by atoms with Gasteiger partial charge in [0.05, 0.1) is 6.61 Å². The average molecular weight is 188 g/mol. The molecule has 0 aromatic carbocycles. The van der Waals surface area contributed by atoms with E-state index >= 15 is 0 Å². The Morgan fingerprint density at radius 3 is 2.54 bits per heavy atom. The van der Waals surface area contributed by atoms with Crippen LogP contribution in [-0.2, 0) is 4.74 Å². The summed E-state index contributed by atoms with van der Waals surface area (Å²) in [5, 5.41) is 3.45. The van der Waals surface area contributed by atoms with Crippen molar-refractivity contribution in [3.8, 4) is 0 Å². The Morgan fingerprint density at radius 2 is 2.08 bits per heavy atom. The van der Waals surface area contributed by atoms with E-state index in [2.05, 4.69) is 19.2 Å². The zero-order valence-corrected chi connectivity index (χ0v) is 9.18.